The lowest BCUT2D eigenvalue weighted by molar-refractivity contribution is 0.213. The van der Waals surface area contributed by atoms with Gasteiger partial charge in [-0.15, -0.1) is 6.42 Å². The molecule has 3 N–H and O–H groups in total. The van der Waals surface area contributed by atoms with Crippen LogP contribution in [0.5, 0.6) is 0 Å². The second kappa shape index (κ2) is 3.94. The maximum absolute atomic E-state index is 11.6. The van der Waals surface area contributed by atoms with Crippen molar-refractivity contribution in [2.24, 2.45) is 10.7 Å². The molecule has 1 atom stereocenters. The number of nitrogens with zero attached hydrogens (tertiary/aromatic N) is 3. The summed E-state index contributed by atoms with van der Waals surface area (Å²) in [7, 11) is 0. The number of aliphatic imine (C=N–C) groups is 1. The molecule has 1 aliphatic heterocycles. The van der Waals surface area contributed by atoms with Crippen molar-refractivity contribution >= 4 is 11.9 Å². The second-order valence-electron chi connectivity index (χ2n) is 3.90. The number of nitrogens with two attached hydrogens (primary N) is 1. The molecule has 0 aliphatic carbocycles. The summed E-state index contributed by atoms with van der Waals surface area (Å²) in [6.45, 7) is 3.90. The van der Waals surface area contributed by atoms with Crippen LogP contribution in [0.25, 0.3) is 0 Å². The average Bonchev–Trinajstić information content (AvgIpc) is 2.71. The molecule has 0 fully saturated rings. The van der Waals surface area contributed by atoms with Crippen molar-refractivity contribution in [1.82, 2.24) is 15.1 Å². The van der Waals surface area contributed by atoms with Crippen LogP contribution in [0.2, 0.25) is 0 Å². The lowest BCUT2D eigenvalue weighted by Crippen LogP contribution is -2.34. The molecule has 2 heterocycles. The van der Waals surface area contributed by atoms with E-state index < -0.39 is 12.1 Å². The number of aromatic amines is 1. The number of H-pyrrole nitrogens is 1. The summed E-state index contributed by atoms with van der Waals surface area (Å²) >= 11 is 0. The number of hydrogen-bond acceptors (Lipinski definition) is 3. The molecule has 1 aliphatic rings. The van der Waals surface area contributed by atoms with Gasteiger partial charge in [0.2, 0.25) is 0 Å². The largest absolute Gasteiger partial charge is 0.385 e. The standard InChI is InChI=1S/C11H13N5O/c1-4-5-16-9(10(12)13-11(16)17)8-6(2)14-15-7(8)3/h1,9H,5H2,2-3H3,(H,14,15)(H2,12,13,17). The van der Waals surface area contributed by atoms with Gasteiger partial charge in [0.05, 0.1) is 12.2 Å². The van der Waals surface area contributed by atoms with Crippen molar-refractivity contribution in [1.29, 1.82) is 0 Å². The van der Waals surface area contributed by atoms with Gasteiger partial charge < -0.3 is 5.73 Å². The Kier molecular flexibility index (Phi) is 2.60. The van der Waals surface area contributed by atoms with E-state index in [1.807, 2.05) is 13.8 Å². The highest BCUT2D eigenvalue weighted by molar-refractivity contribution is 6.03. The van der Waals surface area contributed by atoms with E-state index >= 15 is 0 Å². The van der Waals surface area contributed by atoms with Crippen LogP contribution in [0, 0.1) is 26.2 Å². The van der Waals surface area contributed by atoms with E-state index in [0.717, 1.165) is 17.0 Å². The molecule has 17 heavy (non-hydrogen) atoms. The van der Waals surface area contributed by atoms with Crippen molar-refractivity contribution in [3.8, 4) is 12.3 Å². The SMILES string of the molecule is C#CCN1C(=O)N=C(N)C1c1c(C)n[nH]c1C. The molecule has 0 saturated heterocycles. The molecular weight excluding hydrogens is 218 g/mol. The van der Waals surface area contributed by atoms with Gasteiger partial charge in [-0.1, -0.05) is 5.92 Å². The molecule has 0 spiro atoms. The number of nitrogens with one attached hydrogen (secondary N) is 1. The summed E-state index contributed by atoms with van der Waals surface area (Å²) in [5.74, 6) is 2.70. The second-order valence-corrected chi connectivity index (χ2v) is 3.90. The Labute approximate surface area is 98.9 Å². The molecule has 6 heteroatoms. The van der Waals surface area contributed by atoms with Crippen LogP contribution in [0.4, 0.5) is 4.79 Å². The maximum atomic E-state index is 11.6. The van der Waals surface area contributed by atoms with Gasteiger partial charge in [0, 0.05) is 11.3 Å². The van der Waals surface area contributed by atoms with Crippen molar-refractivity contribution in [2.75, 3.05) is 6.54 Å². The first-order chi connectivity index (χ1) is 8.06. The molecule has 1 aromatic heterocycles. The Morgan fingerprint density at radius 3 is 2.82 bits per heavy atom. The first kappa shape index (κ1) is 11.2. The highest BCUT2D eigenvalue weighted by Gasteiger charge is 2.36. The first-order valence-corrected chi connectivity index (χ1v) is 5.15. The van der Waals surface area contributed by atoms with Gasteiger partial charge in [0.15, 0.2) is 0 Å². The van der Waals surface area contributed by atoms with Crippen LogP contribution < -0.4 is 5.73 Å². The van der Waals surface area contributed by atoms with Crippen LogP contribution in [-0.2, 0) is 0 Å². The predicted molar refractivity (Wildman–Crippen MR) is 63.4 cm³/mol. The fourth-order valence-corrected chi connectivity index (χ4v) is 2.03. The normalized spacial score (nSPS) is 19.4. The molecular formula is C11H13N5O. The Bertz CT molecular complexity index is 517. The van der Waals surface area contributed by atoms with Gasteiger partial charge in [-0.3, -0.25) is 10.00 Å². The number of aromatic nitrogens is 2. The smallest absolute Gasteiger partial charge is 0.346 e. The van der Waals surface area contributed by atoms with Crippen molar-refractivity contribution in [2.45, 2.75) is 19.9 Å². The van der Waals surface area contributed by atoms with Gasteiger partial charge in [-0.2, -0.15) is 10.1 Å². The van der Waals surface area contributed by atoms with E-state index in [1.165, 1.54) is 4.90 Å². The van der Waals surface area contributed by atoms with Gasteiger partial charge in [-0.05, 0) is 13.8 Å². The van der Waals surface area contributed by atoms with E-state index in [0.29, 0.717) is 0 Å². The molecule has 1 unspecified atom stereocenters. The minimum Gasteiger partial charge on any atom is -0.385 e. The topological polar surface area (TPSA) is 87.4 Å². The van der Waals surface area contributed by atoms with Gasteiger partial charge in [0.25, 0.3) is 0 Å². The number of amidine groups is 1. The Hall–Kier alpha value is -2.29. The zero-order chi connectivity index (χ0) is 12.6. The average molecular weight is 231 g/mol. The number of terminal acetylenes is 1. The van der Waals surface area contributed by atoms with Crippen LogP contribution in [-0.4, -0.2) is 33.5 Å². The predicted octanol–water partition coefficient (Wildman–Crippen LogP) is 0.494. The minimum absolute atomic E-state index is 0.178. The van der Waals surface area contributed by atoms with Crippen LogP contribution in [0.1, 0.15) is 23.0 Å². The summed E-state index contributed by atoms with van der Waals surface area (Å²) in [6.07, 6.45) is 5.25. The Morgan fingerprint density at radius 2 is 2.29 bits per heavy atom. The quantitative estimate of drug-likeness (QED) is 0.726. The third kappa shape index (κ3) is 1.65. The Balaban J connectivity index is 2.47. The van der Waals surface area contributed by atoms with E-state index in [2.05, 4.69) is 21.1 Å². The number of hydrogen-bond donors (Lipinski definition) is 2. The molecule has 2 amide bonds. The number of urea groups is 1. The summed E-state index contributed by atoms with van der Waals surface area (Å²) in [5, 5.41) is 6.95. The van der Waals surface area contributed by atoms with Crippen LogP contribution in [0.3, 0.4) is 0 Å². The first-order valence-electron chi connectivity index (χ1n) is 5.15. The molecule has 0 radical (unpaired) electrons. The van der Waals surface area contributed by atoms with Gasteiger partial charge >= 0.3 is 6.03 Å². The van der Waals surface area contributed by atoms with Crippen molar-refractivity contribution in [3.63, 3.8) is 0 Å². The fourth-order valence-electron chi connectivity index (χ4n) is 2.03. The van der Waals surface area contributed by atoms with Crippen LogP contribution in [0.15, 0.2) is 4.99 Å². The summed E-state index contributed by atoms with van der Waals surface area (Å²) in [5.41, 5.74) is 8.32. The molecule has 0 bridgehead atoms. The zero-order valence-corrected chi connectivity index (χ0v) is 9.69. The molecule has 2 rings (SSSR count). The number of carbonyl (C=O) groups excluding carboxylic acids is 1. The fraction of sp³-hybridized carbons (Fsp3) is 0.364. The van der Waals surface area contributed by atoms with Gasteiger partial charge in [0.1, 0.15) is 11.9 Å². The highest BCUT2D eigenvalue weighted by Crippen LogP contribution is 2.29. The third-order valence-electron chi connectivity index (χ3n) is 2.78. The molecule has 1 aromatic rings. The summed E-state index contributed by atoms with van der Waals surface area (Å²) < 4.78 is 0. The van der Waals surface area contributed by atoms with Crippen molar-refractivity contribution in [3.05, 3.63) is 17.0 Å². The van der Waals surface area contributed by atoms with E-state index in [-0.39, 0.29) is 12.4 Å². The number of rotatable bonds is 2. The van der Waals surface area contributed by atoms with E-state index in [1.54, 1.807) is 0 Å². The molecule has 0 aromatic carbocycles. The number of amides is 2. The summed E-state index contributed by atoms with van der Waals surface area (Å²) in [4.78, 5) is 16.8. The zero-order valence-electron chi connectivity index (χ0n) is 9.69. The molecule has 0 saturated carbocycles. The monoisotopic (exact) mass is 231 g/mol. The van der Waals surface area contributed by atoms with Gasteiger partial charge in [-0.25, -0.2) is 4.79 Å². The maximum Gasteiger partial charge on any atom is 0.346 e. The Morgan fingerprint density at radius 1 is 1.59 bits per heavy atom. The van der Waals surface area contributed by atoms with Crippen molar-refractivity contribution < 1.29 is 4.79 Å². The van der Waals surface area contributed by atoms with E-state index in [9.17, 15) is 4.79 Å². The molecule has 6 nitrogen and oxygen atoms in total. The third-order valence-corrected chi connectivity index (χ3v) is 2.78. The highest BCUT2D eigenvalue weighted by atomic mass is 16.2. The lowest BCUT2D eigenvalue weighted by Gasteiger charge is -2.22. The van der Waals surface area contributed by atoms with Crippen LogP contribution >= 0.6 is 0 Å². The number of aryl methyl sites for hydroxylation is 2. The lowest BCUT2D eigenvalue weighted by atomic mass is 10.0. The minimum atomic E-state index is -0.405. The summed E-state index contributed by atoms with van der Waals surface area (Å²) in [6, 6.07) is -0.803. The van der Waals surface area contributed by atoms with E-state index in [4.69, 9.17) is 12.2 Å². The number of carbonyl (C=O) groups is 1. The molecule has 88 valence electrons.